The summed E-state index contributed by atoms with van der Waals surface area (Å²) in [6, 6.07) is 9.78. The predicted molar refractivity (Wildman–Crippen MR) is 62.9 cm³/mol. The van der Waals surface area contributed by atoms with Crippen LogP contribution < -0.4 is 5.32 Å². The van der Waals surface area contributed by atoms with Crippen molar-refractivity contribution in [3.63, 3.8) is 0 Å². The summed E-state index contributed by atoms with van der Waals surface area (Å²) in [5.74, 6) is -0.0152. The largest absolute Gasteiger partial charge is 0.323 e. The van der Waals surface area contributed by atoms with Crippen molar-refractivity contribution >= 4 is 11.6 Å². The number of carbonyl (C=O) groups excluding carboxylic acids is 1. The molecule has 0 radical (unpaired) electrons. The van der Waals surface area contributed by atoms with Gasteiger partial charge in [-0.2, -0.15) is 5.10 Å². The number of carbonyl (C=O) groups is 1. The van der Waals surface area contributed by atoms with Crippen molar-refractivity contribution in [2.75, 3.05) is 5.32 Å². The number of benzene rings is 1. The lowest BCUT2D eigenvalue weighted by Crippen LogP contribution is -2.09. The van der Waals surface area contributed by atoms with Crippen LogP contribution in [-0.2, 0) is 4.79 Å². The first-order valence-electron chi connectivity index (χ1n) is 5.20. The van der Waals surface area contributed by atoms with Crippen molar-refractivity contribution in [1.29, 1.82) is 0 Å². The van der Waals surface area contributed by atoms with Gasteiger partial charge in [-0.05, 0) is 0 Å². The molecule has 4 heteroatoms. The minimum absolute atomic E-state index is 0.0152. The lowest BCUT2D eigenvalue weighted by Gasteiger charge is -2.04. The van der Waals surface area contributed by atoms with Crippen molar-refractivity contribution in [3.05, 3.63) is 36.5 Å². The van der Waals surface area contributed by atoms with Gasteiger partial charge < -0.3 is 5.32 Å². The van der Waals surface area contributed by atoms with Gasteiger partial charge in [-0.1, -0.05) is 37.3 Å². The SMILES string of the molecule is CCC(=O)Nc1cn[nH]c1-c1ccccc1. The summed E-state index contributed by atoms with van der Waals surface area (Å²) in [4.78, 5) is 11.3. The normalized spacial score (nSPS) is 10.1. The molecule has 0 saturated heterocycles. The van der Waals surface area contributed by atoms with E-state index in [0.717, 1.165) is 16.9 Å². The third-order valence-electron chi connectivity index (χ3n) is 2.30. The zero-order valence-corrected chi connectivity index (χ0v) is 9.03. The Bertz CT molecular complexity index is 476. The maximum absolute atomic E-state index is 11.3. The highest BCUT2D eigenvalue weighted by Gasteiger charge is 2.08. The molecule has 2 rings (SSSR count). The van der Waals surface area contributed by atoms with Gasteiger partial charge in [0.15, 0.2) is 0 Å². The highest BCUT2D eigenvalue weighted by atomic mass is 16.1. The van der Waals surface area contributed by atoms with E-state index in [1.54, 1.807) is 6.20 Å². The molecule has 82 valence electrons. The monoisotopic (exact) mass is 215 g/mol. The van der Waals surface area contributed by atoms with E-state index in [9.17, 15) is 4.79 Å². The second-order valence-corrected chi connectivity index (χ2v) is 3.43. The summed E-state index contributed by atoms with van der Waals surface area (Å²) < 4.78 is 0. The molecule has 0 fully saturated rings. The van der Waals surface area contributed by atoms with Gasteiger partial charge in [0.05, 0.1) is 17.6 Å². The third-order valence-corrected chi connectivity index (χ3v) is 2.30. The second kappa shape index (κ2) is 4.61. The van der Waals surface area contributed by atoms with Crippen LogP contribution in [0.1, 0.15) is 13.3 Å². The molecule has 0 aliphatic carbocycles. The van der Waals surface area contributed by atoms with E-state index in [2.05, 4.69) is 15.5 Å². The molecular weight excluding hydrogens is 202 g/mol. The van der Waals surface area contributed by atoms with Crippen LogP contribution in [-0.4, -0.2) is 16.1 Å². The van der Waals surface area contributed by atoms with E-state index in [0.29, 0.717) is 6.42 Å². The lowest BCUT2D eigenvalue weighted by molar-refractivity contribution is -0.115. The summed E-state index contributed by atoms with van der Waals surface area (Å²) in [7, 11) is 0. The van der Waals surface area contributed by atoms with Gasteiger partial charge in [-0.3, -0.25) is 9.89 Å². The first kappa shape index (κ1) is 10.4. The minimum Gasteiger partial charge on any atom is -0.323 e. The van der Waals surface area contributed by atoms with E-state index in [-0.39, 0.29) is 5.91 Å². The lowest BCUT2D eigenvalue weighted by atomic mass is 10.1. The summed E-state index contributed by atoms with van der Waals surface area (Å²) in [6.45, 7) is 1.82. The molecule has 0 spiro atoms. The Morgan fingerprint density at radius 3 is 2.81 bits per heavy atom. The molecule has 0 bridgehead atoms. The van der Waals surface area contributed by atoms with Gasteiger partial charge >= 0.3 is 0 Å². The van der Waals surface area contributed by atoms with Crippen LogP contribution in [0.25, 0.3) is 11.3 Å². The topological polar surface area (TPSA) is 57.8 Å². The van der Waals surface area contributed by atoms with Gasteiger partial charge in [0, 0.05) is 12.0 Å². The fraction of sp³-hybridized carbons (Fsp3) is 0.167. The number of anilines is 1. The standard InChI is InChI=1S/C12H13N3O/c1-2-11(16)14-10-8-13-15-12(10)9-6-4-3-5-7-9/h3-8H,2H2,1H3,(H,13,15)(H,14,16). The molecule has 16 heavy (non-hydrogen) atoms. The fourth-order valence-electron chi connectivity index (χ4n) is 1.44. The average Bonchev–Trinajstić information content (AvgIpc) is 2.78. The van der Waals surface area contributed by atoms with E-state index < -0.39 is 0 Å². The molecular formula is C12H13N3O. The number of aromatic amines is 1. The average molecular weight is 215 g/mol. The molecule has 2 aromatic rings. The number of nitrogens with one attached hydrogen (secondary N) is 2. The number of amides is 1. The molecule has 0 unspecified atom stereocenters. The van der Waals surface area contributed by atoms with E-state index >= 15 is 0 Å². The summed E-state index contributed by atoms with van der Waals surface area (Å²) >= 11 is 0. The summed E-state index contributed by atoms with van der Waals surface area (Å²) in [5.41, 5.74) is 2.56. The van der Waals surface area contributed by atoms with Crippen molar-refractivity contribution < 1.29 is 4.79 Å². The molecule has 0 saturated carbocycles. The number of rotatable bonds is 3. The van der Waals surface area contributed by atoms with Crippen LogP contribution in [0.15, 0.2) is 36.5 Å². The highest BCUT2D eigenvalue weighted by molar-refractivity contribution is 5.94. The van der Waals surface area contributed by atoms with Crippen LogP contribution in [0.5, 0.6) is 0 Å². The van der Waals surface area contributed by atoms with Gasteiger partial charge in [-0.25, -0.2) is 0 Å². The van der Waals surface area contributed by atoms with Gasteiger partial charge in [0.25, 0.3) is 0 Å². The maximum atomic E-state index is 11.3. The van der Waals surface area contributed by atoms with Gasteiger partial charge in [0.1, 0.15) is 0 Å². The van der Waals surface area contributed by atoms with Crippen LogP contribution in [0.3, 0.4) is 0 Å². The first-order chi connectivity index (χ1) is 7.81. The molecule has 0 aliphatic rings. The Morgan fingerprint density at radius 2 is 2.12 bits per heavy atom. The molecule has 1 aromatic heterocycles. The molecule has 0 aliphatic heterocycles. The Labute approximate surface area is 93.7 Å². The molecule has 0 atom stereocenters. The molecule has 1 amide bonds. The van der Waals surface area contributed by atoms with Crippen LogP contribution in [0.2, 0.25) is 0 Å². The Hall–Kier alpha value is -2.10. The number of hydrogen-bond donors (Lipinski definition) is 2. The number of hydrogen-bond acceptors (Lipinski definition) is 2. The molecule has 4 nitrogen and oxygen atoms in total. The number of H-pyrrole nitrogens is 1. The molecule has 1 aromatic carbocycles. The quantitative estimate of drug-likeness (QED) is 0.826. The second-order valence-electron chi connectivity index (χ2n) is 3.43. The van der Waals surface area contributed by atoms with Crippen molar-refractivity contribution in [2.24, 2.45) is 0 Å². The smallest absolute Gasteiger partial charge is 0.224 e. The zero-order valence-electron chi connectivity index (χ0n) is 9.03. The summed E-state index contributed by atoms with van der Waals surface area (Å²) in [6.07, 6.45) is 2.08. The highest BCUT2D eigenvalue weighted by Crippen LogP contribution is 2.24. The van der Waals surface area contributed by atoms with Gasteiger partial charge in [-0.15, -0.1) is 0 Å². The zero-order chi connectivity index (χ0) is 11.4. The van der Waals surface area contributed by atoms with Crippen LogP contribution in [0, 0.1) is 0 Å². The van der Waals surface area contributed by atoms with Crippen molar-refractivity contribution in [2.45, 2.75) is 13.3 Å². The molecule has 1 heterocycles. The Balaban J connectivity index is 2.29. The molecule has 2 N–H and O–H groups in total. The van der Waals surface area contributed by atoms with Crippen LogP contribution >= 0.6 is 0 Å². The minimum atomic E-state index is -0.0152. The predicted octanol–water partition coefficient (Wildman–Crippen LogP) is 2.43. The fourth-order valence-corrected chi connectivity index (χ4v) is 1.44. The number of nitrogens with zero attached hydrogens (tertiary/aromatic N) is 1. The van der Waals surface area contributed by atoms with E-state index in [1.165, 1.54) is 0 Å². The van der Waals surface area contributed by atoms with Gasteiger partial charge in [0.2, 0.25) is 5.91 Å². The van der Waals surface area contributed by atoms with Crippen LogP contribution in [0.4, 0.5) is 5.69 Å². The maximum Gasteiger partial charge on any atom is 0.224 e. The van der Waals surface area contributed by atoms with Crippen molar-refractivity contribution in [3.8, 4) is 11.3 Å². The van der Waals surface area contributed by atoms with E-state index in [4.69, 9.17) is 0 Å². The Kier molecular flexibility index (Phi) is 3.00. The van der Waals surface area contributed by atoms with Crippen molar-refractivity contribution in [1.82, 2.24) is 10.2 Å². The summed E-state index contributed by atoms with van der Waals surface area (Å²) in [5, 5.41) is 9.64. The van der Waals surface area contributed by atoms with E-state index in [1.807, 2.05) is 37.3 Å². The Morgan fingerprint density at radius 1 is 1.38 bits per heavy atom. The number of aromatic nitrogens is 2. The third kappa shape index (κ3) is 2.11. The first-order valence-corrected chi connectivity index (χ1v) is 5.20.